The topological polar surface area (TPSA) is 76.3 Å². The molecule has 6 nitrogen and oxygen atoms in total. The molecule has 0 spiro atoms. The van der Waals surface area contributed by atoms with Crippen molar-refractivity contribution < 1.29 is 12.8 Å². The molecule has 0 saturated carbocycles. The van der Waals surface area contributed by atoms with Crippen molar-refractivity contribution in [3.8, 4) is 11.5 Å². The van der Waals surface area contributed by atoms with Gasteiger partial charge in [0, 0.05) is 11.6 Å². The Labute approximate surface area is 130 Å². The molecule has 1 saturated heterocycles. The molecule has 1 aromatic carbocycles. The van der Waals surface area contributed by atoms with Gasteiger partial charge in [-0.1, -0.05) is 18.2 Å². The van der Waals surface area contributed by atoms with Gasteiger partial charge in [0.1, 0.15) is 0 Å². The van der Waals surface area contributed by atoms with Crippen molar-refractivity contribution in [3.63, 3.8) is 0 Å². The average Bonchev–Trinajstić information content (AvgIpc) is 3.06. The molecule has 1 unspecified atom stereocenters. The van der Waals surface area contributed by atoms with E-state index in [1.165, 1.54) is 0 Å². The molecule has 0 aliphatic carbocycles. The first kappa shape index (κ1) is 15.2. The lowest BCUT2D eigenvalue weighted by atomic mass is 10.1. The summed E-state index contributed by atoms with van der Waals surface area (Å²) in [5.74, 6) is 1.48. The molecule has 0 bridgehead atoms. The van der Waals surface area contributed by atoms with Crippen molar-refractivity contribution in [2.75, 3.05) is 18.6 Å². The largest absolute Gasteiger partial charge is 0.419 e. The van der Waals surface area contributed by atoms with E-state index in [0.29, 0.717) is 24.7 Å². The minimum Gasteiger partial charge on any atom is -0.419 e. The van der Waals surface area contributed by atoms with Crippen molar-refractivity contribution >= 4 is 9.84 Å². The van der Waals surface area contributed by atoms with E-state index in [2.05, 4.69) is 10.2 Å². The van der Waals surface area contributed by atoms with E-state index in [-0.39, 0.29) is 17.5 Å². The standard InChI is InChI=1S/C15H19N3O3S/c1-11-5-3-4-6-13(11)15-17-16-14(21-15)9-18(2)12-7-8-22(19,20)10-12/h3-6,12H,7-10H2,1-2H3. The minimum atomic E-state index is -2.88. The number of aromatic nitrogens is 2. The van der Waals surface area contributed by atoms with E-state index in [0.717, 1.165) is 11.1 Å². The third-order valence-electron chi connectivity index (χ3n) is 4.06. The number of benzene rings is 1. The average molecular weight is 321 g/mol. The molecule has 3 rings (SSSR count). The summed E-state index contributed by atoms with van der Waals surface area (Å²) in [6, 6.07) is 7.86. The first-order valence-electron chi connectivity index (χ1n) is 7.24. The summed E-state index contributed by atoms with van der Waals surface area (Å²) >= 11 is 0. The fourth-order valence-corrected chi connectivity index (χ4v) is 4.51. The molecule has 1 aliphatic heterocycles. The van der Waals surface area contributed by atoms with Crippen molar-refractivity contribution in [3.05, 3.63) is 35.7 Å². The second kappa shape index (κ2) is 5.81. The fourth-order valence-electron chi connectivity index (χ4n) is 2.70. The van der Waals surface area contributed by atoms with E-state index in [4.69, 9.17) is 4.42 Å². The van der Waals surface area contributed by atoms with Crippen LogP contribution in [0.4, 0.5) is 0 Å². The second-order valence-electron chi connectivity index (χ2n) is 5.79. The Morgan fingerprint density at radius 1 is 1.32 bits per heavy atom. The van der Waals surface area contributed by atoms with Crippen LogP contribution in [0, 0.1) is 6.92 Å². The molecule has 0 radical (unpaired) electrons. The van der Waals surface area contributed by atoms with Crippen LogP contribution in [-0.2, 0) is 16.4 Å². The van der Waals surface area contributed by atoms with E-state index in [1.54, 1.807) is 0 Å². The highest BCUT2D eigenvalue weighted by molar-refractivity contribution is 7.91. The molecule has 1 aromatic heterocycles. The Morgan fingerprint density at radius 2 is 2.09 bits per heavy atom. The Kier molecular flexibility index (Phi) is 4.01. The van der Waals surface area contributed by atoms with Crippen LogP contribution < -0.4 is 0 Å². The number of sulfone groups is 1. The highest BCUT2D eigenvalue weighted by Gasteiger charge is 2.31. The van der Waals surface area contributed by atoms with Gasteiger partial charge in [-0.3, -0.25) is 4.90 Å². The van der Waals surface area contributed by atoms with Crippen molar-refractivity contribution in [1.82, 2.24) is 15.1 Å². The molecular weight excluding hydrogens is 302 g/mol. The summed E-state index contributed by atoms with van der Waals surface area (Å²) in [7, 11) is -0.992. The number of aryl methyl sites for hydroxylation is 1. The third-order valence-corrected chi connectivity index (χ3v) is 5.81. The zero-order valence-corrected chi connectivity index (χ0v) is 13.5. The van der Waals surface area contributed by atoms with Gasteiger partial charge < -0.3 is 4.42 Å². The Balaban J connectivity index is 1.71. The second-order valence-corrected chi connectivity index (χ2v) is 8.02. The zero-order valence-electron chi connectivity index (χ0n) is 12.7. The Hall–Kier alpha value is -1.73. The van der Waals surface area contributed by atoms with Gasteiger partial charge in [-0.15, -0.1) is 10.2 Å². The molecule has 2 aromatic rings. The van der Waals surface area contributed by atoms with Crippen LogP contribution in [-0.4, -0.2) is 48.1 Å². The van der Waals surface area contributed by atoms with Crippen LogP contribution >= 0.6 is 0 Å². The maximum atomic E-state index is 11.5. The Morgan fingerprint density at radius 3 is 2.77 bits per heavy atom. The molecule has 7 heteroatoms. The minimum absolute atomic E-state index is 0.0267. The first-order chi connectivity index (χ1) is 10.4. The van der Waals surface area contributed by atoms with Gasteiger partial charge in [0.05, 0.1) is 18.1 Å². The fraction of sp³-hybridized carbons (Fsp3) is 0.467. The Bertz CT molecular complexity index is 770. The highest BCUT2D eigenvalue weighted by atomic mass is 32.2. The van der Waals surface area contributed by atoms with Crippen LogP contribution in [0.25, 0.3) is 11.5 Å². The van der Waals surface area contributed by atoms with Crippen molar-refractivity contribution in [1.29, 1.82) is 0 Å². The maximum absolute atomic E-state index is 11.5. The molecule has 2 heterocycles. The molecular formula is C15H19N3O3S. The predicted molar refractivity (Wildman–Crippen MR) is 83.0 cm³/mol. The van der Waals surface area contributed by atoms with Gasteiger partial charge in [-0.05, 0) is 32.0 Å². The first-order valence-corrected chi connectivity index (χ1v) is 9.06. The van der Waals surface area contributed by atoms with Gasteiger partial charge in [0.15, 0.2) is 9.84 Å². The van der Waals surface area contributed by atoms with E-state index >= 15 is 0 Å². The smallest absolute Gasteiger partial charge is 0.248 e. The van der Waals surface area contributed by atoms with Crippen LogP contribution in [0.1, 0.15) is 17.9 Å². The highest BCUT2D eigenvalue weighted by Crippen LogP contribution is 2.23. The van der Waals surface area contributed by atoms with Crippen molar-refractivity contribution in [2.45, 2.75) is 25.9 Å². The normalized spacial score (nSPS) is 20.6. The number of hydrogen-bond acceptors (Lipinski definition) is 6. The number of rotatable bonds is 4. The summed E-state index contributed by atoms with van der Waals surface area (Å²) in [4.78, 5) is 1.97. The number of nitrogens with zero attached hydrogens (tertiary/aromatic N) is 3. The lowest BCUT2D eigenvalue weighted by Crippen LogP contribution is -2.32. The summed E-state index contributed by atoms with van der Waals surface area (Å²) in [6.07, 6.45) is 0.664. The van der Waals surface area contributed by atoms with Gasteiger partial charge in [-0.2, -0.15) is 0 Å². The van der Waals surface area contributed by atoms with Crippen LogP contribution in [0.2, 0.25) is 0 Å². The van der Waals surface area contributed by atoms with Gasteiger partial charge in [0.25, 0.3) is 0 Å². The molecule has 22 heavy (non-hydrogen) atoms. The van der Waals surface area contributed by atoms with Gasteiger partial charge in [0.2, 0.25) is 11.8 Å². The quantitative estimate of drug-likeness (QED) is 0.852. The van der Waals surface area contributed by atoms with E-state index in [9.17, 15) is 8.42 Å². The zero-order chi connectivity index (χ0) is 15.7. The van der Waals surface area contributed by atoms with Crippen LogP contribution in [0.5, 0.6) is 0 Å². The summed E-state index contributed by atoms with van der Waals surface area (Å²) < 4.78 is 28.8. The molecule has 1 atom stereocenters. The van der Waals surface area contributed by atoms with Gasteiger partial charge in [-0.25, -0.2) is 8.42 Å². The molecule has 1 aliphatic rings. The number of hydrogen-bond donors (Lipinski definition) is 0. The monoisotopic (exact) mass is 321 g/mol. The molecule has 0 amide bonds. The molecule has 1 fully saturated rings. The van der Waals surface area contributed by atoms with E-state index < -0.39 is 9.84 Å². The summed E-state index contributed by atoms with van der Waals surface area (Å²) in [5, 5.41) is 8.17. The van der Waals surface area contributed by atoms with Crippen LogP contribution in [0.15, 0.2) is 28.7 Å². The summed E-state index contributed by atoms with van der Waals surface area (Å²) in [5.41, 5.74) is 2.00. The van der Waals surface area contributed by atoms with E-state index in [1.807, 2.05) is 43.1 Å². The van der Waals surface area contributed by atoms with Gasteiger partial charge >= 0.3 is 0 Å². The molecule has 118 valence electrons. The summed E-state index contributed by atoms with van der Waals surface area (Å²) in [6.45, 7) is 2.45. The third kappa shape index (κ3) is 3.20. The lowest BCUT2D eigenvalue weighted by molar-refractivity contribution is 0.230. The molecule has 0 N–H and O–H groups in total. The predicted octanol–water partition coefficient (Wildman–Crippen LogP) is 1.66. The maximum Gasteiger partial charge on any atom is 0.248 e. The van der Waals surface area contributed by atoms with Crippen molar-refractivity contribution in [2.24, 2.45) is 0 Å². The SMILES string of the molecule is Cc1ccccc1-c1nnc(CN(C)C2CCS(=O)(=O)C2)o1. The van der Waals surface area contributed by atoms with Crippen LogP contribution in [0.3, 0.4) is 0 Å². The lowest BCUT2D eigenvalue weighted by Gasteiger charge is -2.20.